The molecule has 5 heteroatoms. The molecule has 0 N–H and O–H groups in total. The van der Waals surface area contributed by atoms with Crippen LogP contribution in [0.25, 0.3) is 5.69 Å². The second-order valence-electron chi connectivity index (χ2n) is 5.47. The Kier molecular flexibility index (Phi) is 3.72. The van der Waals surface area contributed by atoms with Crippen molar-refractivity contribution in [2.75, 3.05) is 13.1 Å². The van der Waals surface area contributed by atoms with E-state index in [9.17, 15) is 0 Å². The van der Waals surface area contributed by atoms with Crippen molar-refractivity contribution in [1.29, 1.82) is 0 Å². The average Bonchev–Trinajstić information content (AvgIpc) is 3.02. The van der Waals surface area contributed by atoms with Crippen molar-refractivity contribution in [3.8, 4) is 5.69 Å². The van der Waals surface area contributed by atoms with Crippen LogP contribution in [-0.4, -0.2) is 32.3 Å². The van der Waals surface area contributed by atoms with Gasteiger partial charge in [-0.25, -0.2) is 4.68 Å². The standard InChI is InChI=1S/C15H20N4S/c1-12-5-7-14(8-6-12)19-13(2)16-18(15(19)20)11-17-9-3-4-10-17/h5-8H,3-4,9-11H2,1-2H3. The summed E-state index contributed by atoms with van der Waals surface area (Å²) in [6.45, 7) is 7.21. The van der Waals surface area contributed by atoms with Crippen LogP contribution in [0.2, 0.25) is 0 Å². The Bertz CT molecular complexity index is 648. The van der Waals surface area contributed by atoms with Crippen molar-refractivity contribution >= 4 is 12.2 Å². The zero-order chi connectivity index (χ0) is 14.1. The molecule has 3 rings (SSSR count). The topological polar surface area (TPSA) is 26.0 Å². The van der Waals surface area contributed by atoms with E-state index in [0.29, 0.717) is 0 Å². The molecule has 0 amide bonds. The van der Waals surface area contributed by atoms with E-state index in [2.05, 4.69) is 41.2 Å². The van der Waals surface area contributed by atoms with E-state index in [0.717, 1.165) is 36.0 Å². The minimum Gasteiger partial charge on any atom is -0.284 e. The van der Waals surface area contributed by atoms with Crippen molar-refractivity contribution < 1.29 is 0 Å². The molecule has 0 aliphatic carbocycles. The van der Waals surface area contributed by atoms with Crippen LogP contribution in [0.3, 0.4) is 0 Å². The number of hydrogen-bond acceptors (Lipinski definition) is 3. The number of likely N-dealkylation sites (tertiary alicyclic amines) is 1. The highest BCUT2D eigenvalue weighted by Gasteiger charge is 2.15. The smallest absolute Gasteiger partial charge is 0.203 e. The van der Waals surface area contributed by atoms with Gasteiger partial charge in [0.25, 0.3) is 0 Å². The fourth-order valence-electron chi connectivity index (χ4n) is 2.71. The molecule has 0 spiro atoms. The first-order chi connectivity index (χ1) is 9.65. The van der Waals surface area contributed by atoms with Gasteiger partial charge in [0, 0.05) is 5.69 Å². The molecule has 4 nitrogen and oxygen atoms in total. The highest BCUT2D eigenvalue weighted by Crippen LogP contribution is 2.15. The van der Waals surface area contributed by atoms with E-state index in [4.69, 9.17) is 12.2 Å². The monoisotopic (exact) mass is 288 g/mol. The molecule has 1 aliphatic heterocycles. The third-order valence-electron chi connectivity index (χ3n) is 3.83. The number of aromatic nitrogens is 3. The Morgan fingerprint density at radius 1 is 1.10 bits per heavy atom. The highest BCUT2D eigenvalue weighted by atomic mass is 32.1. The van der Waals surface area contributed by atoms with Crippen molar-refractivity contribution in [3.05, 3.63) is 40.4 Å². The zero-order valence-electron chi connectivity index (χ0n) is 12.0. The maximum Gasteiger partial charge on any atom is 0.203 e. The molecule has 1 aliphatic rings. The van der Waals surface area contributed by atoms with Crippen LogP contribution < -0.4 is 0 Å². The number of nitrogens with zero attached hydrogens (tertiary/aromatic N) is 4. The molecule has 0 atom stereocenters. The van der Waals surface area contributed by atoms with Gasteiger partial charge >= 0.3 is 0 Å². The molecule has 0 saturated carbocycles. The first-order valence-electron chi connectivity index (χ1n) is 7.11. The molecule has 2 aromatic rings. The quantitative estimate of drug-likeness (QED) is 0.812. The summed E-state index contributed by atoms with van der Waals surface area (Å²) in [5.41, 5.74) is 2.34. The van der Waals surface area contributed by atoms with Crippen LogP contribution in [0.1, 0.15) is 24.2 Å². The van der Waals surface area contributed by atoms with Crippen LogP contribution in [-0.2, 0) is 6.67 Å². The van der Waals surface area contributed by atoms with Crippen molar-refractivity contribution in [3.63, 3.8) is 0 Å². The molecule has 1 aromatic heterocycles. The predicted molar refractivity (Wildman–Crippen MR) is 82.7 cm³/mol. The largest absolute Gasteiger partial charge is 0.284 e. The normalized spacial score (nSPS) is 15.9. The fourth-order valence-corrected chi connectivity index (χ4v) is 3.05. The molecule has 2 heterocycles. The molecule has 1 aromatic carbocycles. The highest BCUT2D eigenvalue weighted by molar-refractivity contribution is 7.71. The first-order valence-corrected chi connectivity index (χ1v) is 7.52. The van der Waals surface area contributed by atoms with Gasteiger partial charge in [-0.3, -0.25) is 9.47 Å². The molecule has 0 bridgehead atoms. The minimum absolute atomic E-state index is 0.776. The lowest BCUT2D eigenvalue weighted by molar-refractivity contribution is 0.253. The molecule has 106 valence electrons. The van der Waals surface area contributed by atoms with E-state index < -0.39 is 0 Å². The average molecular weight is 288 g/mol. The lowest BCUT2D eigenvalue weighted by Crippen LogP contribution is -2.23. The van der Waals surface area contributed by atoms with Gasteiger partial charge in [-0.05, 0) is 64.1 Å². The van der Waals surface area contributed by atoms with E-state index >= 15 is 0 Å². The van der Waals surface area contributed by atoms with Crippen molar-refractivity contribution in [2.24, 2.45) is 0 Å². The predicted octanol–water partition coefficient (Wildman–Crippen LogP) is 3.07. The lowest BCUT2D eigenvalue weighted by Gasteiger charge is -2.13. The molecular formula is C15H20N4S. The van der Waals surface area contributed by atoms with E-state index in [1.54, 1.807) is 0 Å². The van der Waals surface area contributed by atoms with Gasteiger partial charge in [-0.1, -0.05) is 17.7 Å². The Morgan fingerprint density at radius 2 is 1.75 bits per heavy atom. The third-order valence-corrected chi connectivity index (χ3v) is 4.22. The molecular weight excluding hydrogens is 268 g/mol. The van der Waals surface area contributed by atoms with Crippen LogP contribution in [0.4, 0.5) is 0 Å². The summed E-state index contributed by atoms with van der Waals surface area (Å²) in [6, 6.07) is 8.41. The Hall–Kier alpha value is -1.46. The van der Waals surface area contributed by atoms with E-state index in [1.807, 2.05) is 16.2 Å². The van der Waals surface area contributed by atoms with Crippen LogP contribution in [0, 0.1) is 18.6 Å². The number of rotatable bonds is 3. The molecule has 20 heavy (non-hydrogen) atoms. The van der Waals surface area contributed by atoms with Crippen molar-refractivity contribution in [2.45, 2.75) is 33.4 Å². The van der Waals surface area contributed by atoms with Gasteiger partial charge < -0.3 is 0 Å². The van der Waals surface area contributed by atoms with Gasteiger partial charge in [0.15, 0.2) is 0 Å². The minimum atomic E-state index is 0.776. The van der Waals surface area contributed by atoms with Gasteiger partial charge in [-0.2, -0.15) is 5.10 Å². The van der Waals surface area contributed by atoms with Gasteiger partial charge in [-0.15, -0.1) is 0 Å². The summed E-state index contributed by atoms with van der Waals surface area (Å²) in [5.74, 6) is 0.943. The van der Waals surface area contributed by atoms with Gasteiger partial charge in [0.1, 0.15) is 5.82 Å². The maximum atomic E-state index is 5.60. The summed E-state index contributed by atoms with van der Waals surface area (Å²) < 4.78 is 4.76. The lowest BCUT2D eigenvalue weighted by atomic mass is 10.2. The fraction of sp³-hybridized carbons (Fsp3) is 0.467. The van der Waals surface area contributed by atoms with Crippen LogP contribution in [0.5, 0.6) is 0 Å². The second kappa shape index (κ2) is 5.50. The Morgan fingerprint density at radius 3 is 2.40 bits per heavy atom. The molecule has 0 radical (unpaired) electrons. The number of aryl methyl sites for hydroxylation is 2. The van der Waals surface area contributed by atoms with Gasteiger partial charge in [0.05, 0.1) is 6.67 Å². The summed E-state index contributed by atoms with van der Waals surface area (Å²) in [4.78, 5) is 2.40. The number of benzene rings is 1. The molecule has 0 unspecified atom stereocenters. The number of hydrogen-bond donors (Lipinski definition) is 0. The van der Waals surface area contributed by atoms with E-state index in [-0.39, 0.29) is 0 Å². The SMILES string of the molecule is Cc1ccc(-n2c(C)nn(CN3CCCC3)c2=S)cc1. The molecule has 1 saturated heterocycles. The maximum absolute atomic E-state index is 5.60. The molecule has 1 fully saturated rings. The Labute approximate surface area is 124 Å². The summed E-state index contributed by atoms with van der Waals surface area (Å²) >= 11 is 5.60. The van der Waals surface area contributed by atoms with E-state index in [1.165, 1.54) is 18.4 Å². The van der Waals surface area contributed by atoms with Gasteiger partial charge in [0.2, 0.25) is 4.77 Å². The zero-order valence-corrected chi connectivity index (χ0v) is 12.9. The first kappa shape index (κ1) is 13.5. The van der Waals surface area contributed by atoms with Crippen LogP contribution in [0.15, 0.2) is 24.3 Å². The Balaban J connectivity index is 1.93. The van der Waals surface area contributed by atoms with Crippen LogP contribution >= 0.6 is 12.2 Å². The van der Waals surface area contributed by atoms with Crippen molar-refractivity contribution in [1.82, 2.24) is 19.2 Å². The summed E-state index contributed by atoms with van der Waals surface area (Å²) in [7, 11) is 0. The summed E-state index contributed by atoms with van der Waals surface area (Å²) in [6.07, 6.45) is 2.57. The third kappa shape index (κ3) is 2.55. The second-order valence-corrected chi connectivity index (χ2v) is 5.83. The summed E-state index contributed by atoms with van der Waals surface area (Å²) in [5, 5.41) is 4.61.